The molecular weight excluding hydrogens is 573 g/mol. The normalized spacial score (nSPS) is 18.8. The van der Waals surface area contributed by atoms with Crippen molar-refractivity contribution in [1.82, 2.24) is 19.7 Å². The zero-order chi connectivity index (χ0) is 28.8. The second-order valence-electron chi connectivity index (χ2n) is 9.47. The molecule has 3 heterocycles. The minimum Gasteiger partial charge on any atom is -0.493 e. The number of alkyl halides is 3. The van der Waals surface area contributed by atoms with Crippen molar-refractivity contribution in [3.63, 3.8) is 0 Å². The number of carboxylic acid groups (broad SMARTS) is 1. The number of amides is 1. The van der Waals surface area contributed by atoms with Gasteiger partial charge >= 0.3 is 12.1 Å². The maximum atomic E-state index is 14.2. The van der Waals surface area contributed by atoms with E-state index >= 15 is 0 Å². The van der Waals surface area contributed by atoms with Crippen molar-refractivity contribution in [2.75, 3.05) is 27.3 Å². The van der Waals surface area contributed by atoms with E-state index in [2.05, 4.69) is 10.2 Å². The number of methoxy groups -OCH3 is 2. The number of carbonyl (C=O) groups is 2. The van der Waals surface area contributed by atoms with E-state index in [0.717, 1.165) is 4.57 Å². The van der Waals surface area contributed by atoms with Gasteiger partial charge in [0.15, 0.2) is 17.3 Å². The summed E-state index contributed by atoms with van der Waals surface area (Å²) in [5.74, 6) is -1.84. The number of rotatable bonds is 7. The van der Waals surface area contributed by atoms with Gasteiger partial charge in [0, 0.05) is 36.0 Å². The zero-order valence-corrected chi connectivity index (χ0v) is 22.9. The van der Waals surface area contributed by atoms with E-state index in [1.165, 1.54) is 43.0 Å². The van der Waals surface area contributed by atoms with Crippen LogP contribution in [0.5, 0.6) is 11.5 Å². The summed E-state index contributed by atoms with van der Waals surface area (Å²) in [7, 11) is 2.95. The summed E-state index contributed by atoms with van der Waals surface area (Å²) in [6, 6.07) is 9.80. The number of likely N-dealkylation sites (tertiary alicyclic amines) is 1. The van der Waals surface area contributed by atoms with Crippen molar-refractivity contribution in [3.05, 3.63) is 64.2 Å². The quantitative estimate of drug-likeness (QED) is 0.399. The number of aromatic nitrogens is 3. The molecule has 3 aromatic rings. The van der Waals surface area contributed by atoms with Gasteiger partial charge in [-0.3, -0.25) is 14.2 Å². The maximum Gasteiger partial charge on any atom is 0.452 e. The van der Waals surface area contributed by atoms with Crippen molar-refractivity contribution in [3.8, 4) is 17.2 Å². The van der Waals surface area contributed by atoms with Gasteiger partial charge in [0.05, 0.1) is 36.8 Å². The largest absolute Gasteiger partial charge is 0.493 e. The summed E-state index contributed by atoms with van der Waals surface area (Å²) in [4.78, 5) is 25.8. The van der Waals surface area contributed by atoms with Crippen LogP contribution in [-0.4, -0.2) is 64.0 Å². The number of benzene rings is 2. The van der Waals surface area contributed by atoms with E-state index in [9.17, 15) is 22.8 Å². The fourth-order valence-electron chi connectivity index (χ4n) is 5.10. The first-order chi connectivity index (χ1) is 19.0. The van der Waals surface area contributed by atoms with Gasteiger partial charge in [-0.2, -0.15) is 13.2 Å². The second kappa shape index (κ2) is 10.8. The number of halogens is 4. The van der Waals surface area contributed by atoms with Crippen LogP contribution in [0.3, 0.4) is 0 Å². The topological polar surface area (TPSA) is 107 Å². The predicted molar refractivity (Wildman–Crippen MR) is 140 cm³/mol. The number of ether oxygens (including phenoxy) is 2. The van der Waals surface area contributed by atoms with Crippen LogP contribution < -0.4 is 9.47 Å². The molecule has 2 aliphatic rings. The molecule has 14 heteroatoms. The molecule has 0 bridgehead atoms. The van der Waals surface area contributed by atoms with Crippen LogP contribution in [0.15, 0.2) is 36.4 Å². The Morgan fingerprint density at radius 3 is 2.50 bits per heavy atom. The number of para-hydroxylation sites is 1. The molecule has 212 valence electrons. The molecule has 0 spiro atoms. The highest BCUT2D eigenvalue weighted by atomic mass is 35.5. The second-order valence-corrected chi connectivity index (χ2v) is 11.2. The first-order valence-electron chi connectivity index (χ1n) is 12.2. The van der Waals surface area contributed by atoms with Crippen LogP contribution in [0, 0.1) is 5.92 Å². The van der Waals surface area contributed by atoms with Crippen LogP contribution >= 0.6 is 23.4 Å². The number of hydrogen-bond donors (Lipinski definition) is 1. The number of carboxylic acids is 1. The molecule has 1 aromatic heterocycles. The van der Waals surface area contributed by atoms with Gasteiger partial charge in [-0.1, -0.05) is 23.7 Å². The van der Waals surface area contributed by atoms with Crippen LogP contribution in [0.2, 0.25) is 5.02 Å². The minimum atomic E-state index is -4.82. The van der Waals surface area contributed by atoms with Crippen molar-refractivity contribution in [2.24, 2.45) is 5.92 Å². The molecule has 1 fully saturated rings. The summed E-state index contributed by atoms with van der Waals surface area (Å²) in [6.45, 7) is 0.540. The fourth-order valence-corrected chi connectivity index (χ4v) is 6.79. The number of nitrogens with zero attached hydrogens (tertiary/aromatic N) is 4. The monoisotopic (exact) mass is 596 g/mol. The highest BCUT2D eigenvalue weighted by Crippen LogP contribution is 2.54. The van der Waals surface area contributed by atoms with E-state index in [1.807, 2.05) is 0 Å². The third-order valence-electron chi connectivity index (χ3n) is 6.89. The molecule has 40 heavy (non-hydrogen) atoms. The number of thioether (sulfide) groups is 1. The summed E-state index contributed by atoms with van der Waals surface area (Å²) < 4.78 is 54.6. The van der Waals surface area contributed by atoms with E-state index in [4.69, 9.17) is 26.2 Å². The third-order valence-corrected chi connectivity index (χ3v) is 8.61. The standard InChI is InChI=1S/C26H24ClF3N4O5S/c1-38-18-5-3-4-15(22(18)39-2)23-16-9-14(27)6-7-17(16)34-24(31-32-25(34)26(28,29)30)19(40-23)10-20(35)33-11-13(12-33)8-21(36)37/h3-7,9,13,19,23H,8,10-12H2,1-2H3,(H,36,37). The molecule has 2 atom stereocenters. The Morgan fingerprint density at radius 2 is 1.85 bits per heavy atom. The fraction of sp³-hybridized carbons (Fsp3) is 0.385. The molecule has 2 aromatic carbocycles. The Kier molecular flexibility index (Phi) is 7.62. The molecular formula is C26H24ClF3N4O5S. The van der Waals surface area contributed by atoms with E-state index < -0.39 is 28.5 Å². The molecule has 2 unspecified atom stereocenters. The Labute approximate surface area is 236 Å². The van der Waals surface area contributed by atoms with Gasteiger partial charge < -0.3 is 19.5 Å². The SMILES string of the molecule is COc1cccc(C2SC(CC(=O)N3CC(CC(=O)O)C3)c3nnc(C(F)(F)F)n3-c3ccc(Cl)cc32)c1OC. The predicted octanol–water partition coefficient (Wildman–Crippen LogP) is 5.16. The van der Waals surface area contributed by atoms with Crippen molar-refractivity contribution in [2.45, 2.75) is 29.5 Å². The highest BCUT2D eigenvalue weighted by Gasteiger charge is 2.44. The summed E-state index contributed by atoms with van der Waals surface area (Å²) >= 11 is 7.59. The van der Waals surface area contributed by atoms with Crippen molar-refractivity contribution < 1.29 is 37.3 Å². The summed E-state index contributed by atoms with van der Waals surface area (Å²) in [5.41, 5.74) is 1.25. The number of aliphatic carboxylic acids is 1. The number of fused-ring (bicyclic) bond motifs is 3. The molecule has 1 N–H and O–H groups in total. The van der Waals surface area contributed by atoms with Gasteiger partial charge in [0.1, 0.15) is 0 Å². The minimum absolute atomic E-state index is 0.0266. The Balaban J connectivity index is 1.62. The van der Waals surface area contributed by atoms with Crippen LogP contribution in [-0.2, 0) is 15.8 Å². The number of hydrogen-bond acceptors (Lipinski definition) is 7. The van der Waals surface area contributed by atoms with Crippen molar-refractivity contribution >= 4 is 35.2 Å². The lowest BCUT2D eigenvalue weighted by molar-refractivity contribution is -0.146. The Hall–Kier alpha value is -3.45. The Morgan fingerprint density at radius 1 is 1.10 bits per heavy atom. The van der Waals surface area contributed by atoms with Gasteiger partial charge in [0.2, 0.25) is 11.7 Å². The van der Waals surface area contributed by atoms with Crippen molar-refractivity contribution in [1.29, 1.82) is 0 Å². The molecule has 9 nitrogen and oxygen atoms in total. The van der Waals surface area contributed by atoms with Crippen LogP contribution in [0.4, 0.5) is 13.2 Å². The molecule has 1 amide bonds. The van der Waals surface area contributed by atoms with Crippen LogP contribution in [0.25, 0.3) is 5.69 Å². The average Bonchev–Trinajstić information content (AvgIpc) is 3.28. The van der Waals surface area contributed by atoms with E-state index in [-0.39, 0.29) is 49.3 Å². The van der Waals surface area contributed by atoms with Gasteiger partial charge in [-0.05, 0) is 29.8 Å². The van der Waals surface area contributed by atoms with Gasteiger partial charge in [-0.15, -0.1) is 22.0 Å². The van der Waals surface area contributed by atoms with E-state index in [0.29, 0.717) is 27.6 Å². The van der Waals surface area contributed by atoms with Gasteiger partial charge in [-0.25, -0.2) is 0 Å². The number of carbonyl (C=O) groups excluding carboxylic acids is 1. The molecule has 1 saturated heterocycles. The molecule has 2 aliphatic heterocycles. The molecule has 0 radical (unpaired) electrons. The smallest absolute Gasteiger partial charge is 0.452 e. The zero-order valence-electron chi connectivity index (χ0n) is 21.3. The van der Waals surface area contributed by atoms with E-state index in [1.54, 1.807) is 24.3 Å². The molecule has 0 saturated carbocycles. The maximum absolute atomic E-state index is 14.2. The molecule has 0 aliphatic carbocycles. The third kappa shape index (κ3) is 5.19. The average molecular weight is 597 g/mol. The Bertz CT molecular complexity index is 1460. The molecule has 5 rings (SSSR count). The first kappa shape index (κ1) is 28.1. The lowest BCUT2D eigenvalue weighted by Crippen LogP contribution is -2.50. The van der Waals surface area contributed by atoms with Crippen LogP contribution in [0.1, 0.15) is 46.1 Å². The lowest BCUT2D eigenvalue weighted by atomic mass is 9.96. The summed E-state index contributed by atoms with van der Waals surface area (Å²) in [5, 5.41) is 15.3. The first-order valence-corrected chi connectivity index (χ1v) is 13.5. The lowest BCUT2D eigenvalue weighted by Gasteiger charge is -2.39. The van der Waals surface area contributed by atoms with Gasteiger partial charge in [0.25, 0.3) is 0 Å². The summed E-state index contributed by atoms with van der Waals surface area (Å²) in [6.07, 6.45) is -5.06. The highest BCUT2D eigenvalue weighted by molar-refractivity contribution is 8.00.